The van der Waals surface area contributed by atoms with Gasteiger partial charge in [-0.25, -0.2) is 0 Å². The number of furan rings is 1. The van der Waals surface area contributed by atoms with Crippen LogP contribution in [-0.2, 0) is 0 Å². The van der Waals surface area contributed by atoms with Crippen LogP contribution in [0.1, 0.15) is 0 Å². The Morgan fingerprint density at radius 2 is 0.915 bits per heavy atom. The second-order valence-corrected chi connectivity index (χ2v) is 15.3. The molecule has 0 aliphatic rings. The lowest BCUT2D eigenvalue weighted by Gasteiger charge is -2.26. The summed E-state index contributed by atoms with van der Waals surface area (Å²) in [5, 5.41) is 9.54. The SMILES string of the molecule is c1ccc(-c2ccccc2-c2ccc(N(c3ccc4c(c3)oc3ccc5ccccc5c34)c3ccc4c5ccccc5n(-c5cccc6ccccc56)c4c3)cc2)cc1. The smallest absolute Gasteiger partial charge is 0.137 e. The summed E-state index contributed by atoms with van der Waals surface area (Å²) in [7, 11) is 0. The Morgan fingerprint density at radius 1 is 0.339 bits per heavy atom. The van der Waals surface area contributed by atoms with E-state index >= 15 is 0 Å². The monoisotopic (exact) mass is 752 g/mol. The zero-order valence-corrected chi connectivity index (χ0v) is 32.1. The van der Waals surface area contributed by atoms with Gasteiger partial charge in [0.1, 0.15) is 11.2 Å². The van der Waals surface area contributed by atoms with E-state index in [-0.39, 0.29) is 0 Å². The zero-order chi connectivity index (χ0) is 38.9. The van der Waals surface area contributed by atoms with Crippen LogP contribution in [0.4, 0.5) is 17.1 Å². The Balaban J connectivity index is 1.07. The molecule has 0 unspecified atom stereocenters. The van der Waals surface area contributed by atoms with Gasteiger partial charge >= 0.3 is 0 Å². The quantitative estimate of drug-likeness (QED) is 0.169. The summed E-state index contributed by atoms with van der Waals surface area (Å²) in [6, 6.07) is 78.7. The minimum absolute atomic E-state index is 0.859. The zero-order valence-electron chi connectivity index (χ0n) is 32.1. The summed E-state index contributed by atoms with van der Waals surface area (Å²) < 4.78 is 9.09. The number of anilines is 3. The van der Waals surface area contributed by atoms with Gasteiger partial charge in [0.25, 0.3) is 0 Å². The third-order valence-electron chi connectivity index (χ3n) is 12.0. The van der Waals surface area contributed by atoms with Gasteiger partial charge in [0.15, 0.2) is 0 Å². The molecule has 59 heavy (non-hydrogen) atoms. The molecule has 0 bridgehead atoms. The van der Waals surface area contributed by atoms with Gasteiger partial charge in [-0.05, 0) is 93.0 Å². The van der Waals surface area contributed by atoms with Crippen LogP contribution in [0.2, 0.25) is 0 Å². The lowest BCUT2D eigenvalue weighted by Crippen LogP contribution is -2.10. The van der Waals surface area contributed by atoms with E-state index in [1.165, 1.54) is 60.1 Å². The molecule has 12 rings (SSSR count). The number of fused-ring (bicyclic) bond motifs is 9. The predicted molar refractivity (Wildman–Crippen MR) is 249 cm³/mol. The fraction of sp³-hybridized carbons (Fsp3) is 0. The molecule has 276 valence electrons. The maximum Gasteiger partial charge on any atom is 0.137 e. The lowest BCUT2D eigenvalue weighted by atomic mass is 9.94. The molecule has 0 atom stereocenters. The minimum atomic E-state index is 0.859. The van der Waals surface area contributed by atoms with Crippen LogP contribution < -0.4 is 4.90 Å². The van der Waals surface area contributed by atoms with Gasteiger partial charge in [0.2, 0.25) is 0 Å². The lowest BCUT2D eigenvalue weighted by molar-refractivity contribution is 0.669. The van der Waals surface area contributed by atoms with Crippen molar-refractivity contribution in [1.29, 1.82) is 0 Å². The predicted octanol–water partition coefficient (Wildman–Crippen LogP) is 15.8. The van der Waals surface area contributed by atoms with Crippen LogP contribution >= 0.6 is 0 Å². The molecule has 12 aromatic rings. The Kier molecular flexibility index (Phi) is 7.54. The molecule has 2 aromatic heterocycles. The van der Waals surface area contributed by atoms with E-state index in [1.54, 1.807) is 0 Å². The van der Waals surface area contributed by atoms with Crippen molar-refractivity contribution in [2.45, 2.75) is 0 Å². The first-order valence-corrected chi connectivity index (χ1v) is 20.2. The Bertz CT molecular complexity index is 3550. The average Bonchev–Trinajstić information content (AvgIpc) is 3.85. The highest BCUT2D eigenvalue weighted by molar-refractivity contribution is 6.19. The van der Waals surface area contributed by atoms with Gasteiger partial charge < -0.3 is 13.9 Å². The highest BCUT2D eigenvalue weighted by atomic mass is 16.3. The second kappa shape index (κ2) is 13.4. The summed E-state index contributed by atoms with van der Waals surface area (Å²) >= 11 is 0. The molecule has 0 saturated carbocycles. The average molecular weight is 753 g/mol. The van der Waals surface area contributed by atoms with Crippen LogP contribution in [-0.4, -0.2) is 4.57 Å². The number of para-hydroxylation sites is 1. The third-order valence-corrected chi connectivity index (χ3v) is 12.0. The molecule has 0 spiro atoms. The van der Waals surface area contributed by atoms with E-state index in [2.05, 4.69) is 228 Å². The van der Waals surface area contributed by atoms with E-state index in [0.29, 0.717) is 0 Å². The first kappa shape index (κ1) is 33.3. The number of benzene rings is 10. The highest BCUT2D eigenvalue weighted by Gasteiger charge is 2.20. The van der Waals surface area contributed by atoms with Crippen LogP contribution in [0.15, 0.2) is 223 Å². The van der Waals surface area contributed by atoms with Gasteiger partial charge in [0.05, 0.1) is 16.7 Å². The molecule has 0 radical (unpaired) electrons. The number of hydrogen-bond acceptors (Lipinski definition) is 2. The van der Waals surface area contributed by atoms with Crippen LogP contribution in [0, 0.1) is 0 Å². The molecular formula is C56H36N2O. The van der Waals surface area contributed by atoms with Crippen LogP contribution in [0.25, 0.3) is 93.2 Å². The summed E-state index contributed by atoms with van der Waals surface area (Å²) in [6.07, 6.45) is 0. The molecule has 3 nitrogen and oxygen atoms in total. The van der Waals surface area contributed by atoms with Crippen molar-refractivity contribution in [3.8, 4) is 27.9 Å². The van der Waals surface area contributed by atoms with Gasteiger partial charge in [-0.1, -0.05) is 158 Å². The number of nitrogens with zero attached hydrogens (tertiary/aromatic N) is 2. The van der Waals surface area contributed by atoms with Crippen molar-refractivity contribution in [3.05, 3.63) is 218 Å². The normalized spacial score (nSPS) is 11.7. The van der Waals surface area contributed by atoms with E-state index in [0.717, 1.165) is 50.2 Å². The van der Waals surface area contributed by atoms with Gasteiger partial charge in [-0.15, -0.1) is 0 Å². The molecule has 0 aliphatic heterocycles. The Labute approximate surface area is 341 Å². The molecule has 10 aromatic carbocycles. The second-order valence-electron chi connectivity index (χ2n) is 15.3. The number of aromatic nitrogens is 1. The van der Waals surface area contributed by atoms with E-state index < -0.39 is 0 Å². The Hall–Kier alpha value is -7.88. The summed E-state index contributed by atoms with van der Waals surface area (Å²) in [5.41, 5.74) is 13.2. The molecule has 3 heteroatoms. The maximum atomic E-state index is 6.65. The van der Waals surface area contributed by atoms with Crippen molar-refractivity contribution in [2.24, 2.45) is 0 Å². The van der Waals surface area contributed by atoms with E-state index in [9.17, 15) is 0 Å². The molecule has 2 heterocycles. The fourth-order valence-electron chi connectivity index (χ4n) is 9.28. The molecular weight excluding hydrogens is 717 g/mol. The van der Waals surface area contributed by atoms with Crippen molar-refractivity contribution >= 4 is 82.4 Å². The standard InChI is InChI=1S/C56H36N2O/c1-2-13-37(14-3-1)44-18-8-9-19-45(44)40-25-28-41(29-26-40)57(43-31-33-50-55(36-43)59-54-34-27-39-16-5-7-21-47(39)56(50)54)42-30-32-49-48-22-10-11-23-52(48)58(53(49)35-42)51-24-12-17-38-15-4-6-20-46(38)51/h1-36H. The van der Waals surface area contributed by atoms with Gasteiger partial charge in [-0.3, -0.25) is 0 Å². The van der Waals surface area contributed by atoms with E-state index in [1.807, 2.05) is 0 Å². The Morgan fingerprint density at radius 3 is 1.71 bits per heavy atom. The minimum Gasteiger partial charge on any atom is -0.456 e. The maximum absolute atomic E-state index is 6.65. The number of rotatable bonds is 6. The summed E-state index contributed by atoms with van der Waals surface area (Å²) in [4.78, 5) is 2.36. The van der Waals surface area contributed by atoms with Gasteiger partial charge in [-0.2, -0.15) is 0 Å². The molecule has 0 saturated heterocycles. The topological polar surface area (TPSA) is 21.3 Å². The largest absolute Gasteiger partial charge is 0.456 e. The highest BCUT2D eigenvalue weighted by Crippen LogP contribution is 2.44. The first-order valence-electron chi connectivity index (χ1n) is 20.2. The van der Waals surface area contributed by atoms with Crippen molar-refractivity contribution in [2.75, 3.05) is 4.90 Å². The third kappa shape index (κ3) is 5.36. The van der Waals surface area contributed by atoms with Gasteiger partial charge in [0, 0.05) is 50.1 Å². The van der Waals surface area contributed by atoms with Crippen molar-refractivity contribution in [1.82, 2.24) is 4.57 Å². The first-order chi connectivity index (χ1) is 29.3. The fourth-order valence-corrected chi connectivity index (χ4v) is 9.28. The van der Waals surface area contributed by atoms with E-state index in [4.69, 9.17) is 4.42 Å². The van der Waals surface area contributed by atoms with Crippen LogP contribution in [0.5, 0.6) is 0 Å². The number of hydrogen-bond donors (Lipinski definition) is 0. The summed E-state index contributed by atoms with van der Waals surface area (Å²) in [5.74, 6) is 0. The molecule has 0 N–H and O–H groups in total. The summed E-state index contributed by atoms with van der Waals surface area (Å²) in [6.45, 7) is 0. The molecule has 0 aliphatic carbocycles. The molecule has 0 fully saturated rings. The van der Waals surface area contributed by atoms with Crippen molar-refractivity contribution < 1.29 is 4.42 Å². The van der Waals surface area contributed by atoms with Crippen molar-refractivity contribution in [3.63, 3.8) is 0 Å². The van der Waals surface area contributed by atoms with Crippen LogP contribution in [0.3, 0.4) is 0 Å². The molecule has 0 amide bonds.